The van der Waals surface area contributed by atoms with Gasteiger partial charge in [-0.25, -0.2) is 9.50 Å². The molecule has 0 amide bonds. The highest BCUT2D eigenvalue weighted by atomic mass is 32.2. The highest BCUT2D eigenvalue weighted by Gasteiger charge is 2.34. The smallest absolute Gasteiger partial charge is 0.410 e. The number of aromatic nitrogens is 3. The van der Waals surface area contributed by atoms with Crippen molar-refractivity contribution in [3.8, 4) is 28.0 Å². The summed E-state index contributed by atoms with van der Waals surface area (Å²) in [7, 11) is 0. The Hall–Kier alpha value is -3.57. The molecule has 0 bridgehead atoms. The van der Waals surface area contributed by atoms with Gasteiger partial charge < -0.3 is 9.29 Å². The zero-order chi connectivity index (χ0) is 27.0. The van der Waals surface area contributed by atoms with Gasteiger partial charge in [-0.2, -0.15) is 13.9 Å². The van der Waals surface area contributed by atoms with Crippen LogP contribution >= 0.6 is 0 Å². The fourth-order valence-corrected chi connectivity index (χ4v) is 5.79. The Morgan fingerprint density at radius 3 is 2.38 bits per heavy atom. The molecule has 1 unspecified atom stereocenters. The van der Waals surface area contributed by atoms with Crippen LogP contribution in [0.15, 0.2) is 84.1 Å². The minimum atomic E-state index is -3.26. The van der Waals surface area contributed by atoms with Crippen LogP contribution in [0.3, 0.4) is 0 Å². The molecule has 1 aliphatic rings. The summed E-state index contributed by atoms with van der Waals surface area (Å²) < 4.78 is 47.7. The average Bonchev–Trinajstić information content (AvgIpc) is 3.36. The van der Waals surface area contributed by atoms with E-state index in [1.807, 2.05) is 36.5 Å². The highest BCUT2D eigenvalue weighted by molar-refractivity contribution is 7.89. The summed E-state index contributed by atoms with van der Waals surface area (Å²) >= 11 is -1.61. The number of fused-ring (bicyclic) bond motifs is 2. The van der Waals surface area contributed by atoms with Crippen molar-refractivity contribution in [3.05, 3.63) is 79.3 Å². The van der Waals surface area contributed by atoms with Crippen LogP contribution in [-0.2, 0) is 11.4 Å². The topological polar surface area (TPSA) is 91.7 Å². The predicted octanol–water partition coefficient (Wildman–Crippen LogP) is 5.66. The molecule has 10 heteroatoms. The van der Waals surface area contributed by atoms with Gasteiger partial charge >= 0.3 is 6.11 Å². The van der Waals surface area contributed by atoms with Gasteiger partial charge in [0.25, 0.3) is 0 Å². The maximum Gasteiger partial charge on any atom is 0.410 e. The lowest BCUT2D eigenvalue weighted by molar-refractivity contribution is -0.189. The van der Waals surface area contributed by atoms with Gasteiger partial charge in [0.1, 0.15) is 12.3 Å². The second-order valence-electron chi connectivity index (χ2n) is 9.72. The van der Waals surface area contributed by atoms with Crippen molar-refractivity contribution in [3.63, 3.8) is 0 Å². The molecule has 0 aliphatic carbocycles. The number of benzene rings is 3. The van der Waals surface area contributed by atoms with E-state index in [-0.39, 0.29) is 5.75 Å². The van der Waals surface area contributed by atoms with E-state index in [0.717, 1.165) is 52.3 Å². The molecule has 0 radical (unpaired) electrons. The van der Waals surface area contributed by atoms with Crippen molar-refractivity contribution >= 4 is 27.8 Å². The van der Waals surface area contributed by atoms with Crippen LogP contribution in [-0.4, -0.2) is 49.8 Å². The molecular formula is C29H27F2N5O2S. The molecule has 39 heavy (non-hydrogen) atoms. The summed E-state index contributed by atoms with van der Waals surface area (Å²) in [6.45, 7) is 0.955. The van der Waals surface area contributed by atoms with Crippen molar-refractivity contribution in [1.82, 2.24) is 19.5 Å². The summed E-state index contributed by atoms with van der Waals surface area (Å²) in [6, 6.07) is 17.9. The lowest BCUT2D eigenvalue weighted by atomic mass is 10.00. The minimum Gasteiger partial charge on any atom is -0.593 e. The SMILES string of the molecule is N[S+]([O-])c1ccc(-c2cnn3cc(-c4ccc(OC(F)(F)CN5CCCCC5)cc4)cnc23)c2ccccc12. The molecule has 2 aromatic heterocycles. The van der Waals surface area contributed by atoms with E-state index < -0.39 is 24.0 Å². The van der Waals surface area contributed by atoms with Crippen LogP contribution in [0.2, 0.25) is 0 Å². The predicted molar refractivity (Wildman–Crippen MR) is 148 cm³/mol. The van der Waals surface area contributed by atoms with Gasteiger partial charge in [0.05, 0.1) is 17.6 Å². The number of alkyl halides is 2. The largest absolute Gasteiger partial charge is 0.593 e. The summed E-state index contributed by atoms with van der Waals surface area (Å²) in [4.78, 5) is 6.99. The minimum absolute atomic E-state index is 0.116. The van der Waals surface area contributed by atoms with Gasteiger partial charge in [0.2, 0.25) is 0 Å². The first-order chi connectivity index (χ1) is 18.9. The molecule has 6 rings (SSSR count). The van der Waals surface area contributed by atoms with Crippen LogP contribution < -0.4 is 9.88 Å². The third kappa shape index (κ3) is 5.33. The third-order valence-corrected chi connectivity index (χ3v) is 7.85. The Labute approximate surface area is 227 Å². The van der Waals surface area contributed by atoms with Gasteiger partial charge in [-0.3, -0.25) is 4.90 Å². The monoisotopic (exact) mass is 547 g/mol. The maximum atomic E-state index is 14.5. The Balaban J connectivity index is 1.24. The number of piperidine rings is 1. The molecule has 7 nitrogen and oxygen atoms in total. The van der Waals surface area contributed by atoms with Gasteiger partial charge in [0.15, 0.2) is 10.5 Å². The quantitative estimate of drug-likeness (QED) is 0.265. The second kappa shape index (κ2) is 10.5. The number of nitrogens with two attached hydrogens (primary N) is 1. The number of likely N-dealkylation sites (tertiary alicyclic amines) is 1. The second-order valence-corrected chi connectivity index (χ2v) is 10.8. The van der Waals surface area contributed by atoms with Crippen LogP contribution in [0.1, 0.15) is 19.3 Å². The van der Waals surface area contributed by atoms with Gasteiger partial charge in [0, 0.05) is 28.9 Å². The van der Waals surface area contributed by atoms with Crippen molar-refractivity contribution in [2.75, 3.05) is 19.6 Å². The zero-order valence-electron chi connectivity index (χ0n) is 21.1. The summed E-state index contributed by atoms with van der Waals surface area (Å²) in [5.74, 6) is 0.116. The molecule has 0 saturated carbocycles. The Kier molecular flexibility index (Phi) is 6.94. The first-order valence-corrected chi connectivity index (χ1v) is 14.0. The molecule has 0 spiro atoms. The number of nitrogens with zero attached hydrogens (tertiary/aromatic N) is 4. The van der Waals surface area contributed by atoms with Crippen LogP contribution in [0.25, 0.3) is 38.7 Å². The average molecular weight is 548 g/mol. The fraction of sp³-hybridized carbons (Fsp3) is 0.241. The zero-order valence-corrected chi connectivity index (χ0v) is 21.9. The summed E-state index contributed by atoms with van der Waals surface area (Å²) in [6.07, 6.45) is 5.04. The normalized spacial score (nSPS) is 15.6. The molecule has 1 fully saturated rings. The van der Waals surface area contributed by atoms with Gasteiger partial charge in [-0.05, 0) is 72.8 Å². The van der Waals surface area contributed by atoms with E-state index in [0.29, 0.717) is 23.6 Å². The van der Waals surface area contributed by atoms with E-state index in [1.54, 1.807) is 52.1 Å². The number of ether oxygens (including phenoxy) is 1. The van der Waals surface area contributed by atoms with Crippen molar-refractivity contribution in [2.45, 2.75) is 30.3 Å². The molecule has 1 atom stereocenters. The van der Waals surface area contributed by atoms with E-state index >= 15 is 0 Å². The molecule has 2 N–H and O–H groups in total. The third-order valence-electron chi connectivity index (χ3n) is 7.06. The molecule has 1 aliphatic heterocycles. The van der Waals surface area contributed by atoms with Crippen LogP contribution in [0.4, 0.5) is 8.78 Å². The first kappa shape index (κ1) is 25.7. The molecular weight excluding hydrogens is 520 g/mol. The van der Waals surface area contributed by atoms with E-state index in [9.17, 15) is 13.3 Å². The first-order valence-electron chi connectivity index (χ1n) is 12.8. The maximum absolute atomic E-state index is 14.5. The molecule has 3 heterocycles. The molecule has 200 valence electrons. The number of halogens is 2. The number of hydrogen-bond acceptors (Lipinski definition) is 6. The fourth-order valence-electron chi connectivity index (χ4n) is 5.19. The molecule has 3 aromatic carbocycles. The van der Waals surface area contributed by atoms with Crippen molar-refractivity contribution in [1.29, 1.82) is 0 Å². The molecule has 1 saturated heterocycles. The molecule has 5 aromatic rings. The van der Waals surface area contributed by atoms with Gasteiger partial charge in [-0.1, -0.05) is 36.8 Å². The summed E-state index contributed by atoms with van der Waals surface area (Å²) in [5, 5.41) is 11.9. The van der Waals surface area contributed by atoms with E-state index in [4.69, 9.17) is 9.88 Å². The lowest BCUT2D eigenvalue weighted by Gasteiger charge is -2.30. The highest BCUT2D eigenvalue weighted by Crippen LogP contribution is 2.35. The standard InChI is InChI=1S/C29H27F2N5O2S/c30-29(31,19-35-14-4-1-5-15-35)38-22-10-8-20(9-11-22)21-16-33-28-26(17-34-36(28)18-21)24-12-13-27(39(32)37)25-7-3-2-6-23(24)25/h2-3,6-13,16-18H,1,4-5,14-15,19,32H2. The Bertz CT molecular complexity index is 1620. The van der Waals surface area contributed by atoms with Crippen LogP contribution in [0.5, 0.6) is 5.75 Å². The van der Waals surface area contributed by atoms with E-state index in [1.165, 1.54) is 0 Å². The Morgan fingerprint density at radius 2 is 1.64 bits per heavy atom. The van der Waals surface area contributed by atoms with Crippen molar-refractivity contribution in [2.24, 2.45) is 5.14 Å². The number of rotatable bonds is 7. The number of hydrogen-bond donors (Lipinski definition) is 1. The summed E-state index contributed by atoms with van der Waals surface area (Å²) in [5.41, 5.74) is 3.97. The van der Waals surface area contributed by atoms with Crippen molar-refractivity contribution < 1.29 is 18.1 Å². The van der Waals surface area contributed by atoms with Crippen LogP contribution in [0, 0.1) is 0 Å². The van der Waals surface area contributed by atoms with Gasteiger partial charge in [-0.15, -0.1) is 5.14 Å². The van der Waals surface area contributed by atoms with E-state index in [2.05, 4.69) is 10.1 Å². The Morgan fingerprint density at radius 1 is 0.897 bits per heavy atom. The lowest BCUT2D eigenvalue weighted by Crippen LogP contribution is -2.43.